The van der Waals surface area contributed by atoms with E-state index in [0.717, 1.165) is 38.8 Å². The molecule has 6 heteroatoms. The van der Waals surface area contributed by atoms with Crippen LogP contribution in [0.15, 0.2) is 0 Å². The summed E-state index contributed by atoms with van der Waals surface area (Å²) < 4.78 is 30.8. The molecule has 2 heterocycles. The van der Waals surface area contributed by atoms with Crippen LogP contribution in [0.4, 0.5) is 0 Å². The SMILES string of the molecule is CCNC(CC1CCCN(S(C)(=O)=O)C1)C1COC(C)C1. The minimum absolute atomic E-state index is 0.357. The van der Waals surface area contributed by atoms with Gasteiger partial charge in [-0.05, 0) is 45.1 Å². The van der Waals surface area contributed by atoms with Crippen molar-refractivity contribution in [2.24, 2.45) is 11.8 Å². The van der Waals surface area contributed by atoms with Gasteiger partial charge in [0.15, 0.2) is 0 Å². The van der Waals surface area contributed by atoms with E-state index >= 15 is 0 Å². The van der Waals surface area contributed by atoms with E-state index < -0.39 is 10.0 Å². The van der Waals surface area contributed by atoms with Crippen LogP contribution in [-0.4, -0.2) is 57.4 Å². The van der Waals surface area contributed by atoms with Crippen molar-refractivity contribution in [1.82, 2.24) is 9.62 Å². The summed E-state index contributed by atoms with van der Waals surface area (Å²) in [7, 11) is -3.05. The zero-order valence-corrected chi connectivity index (χ0v) is 14.4. The molecule has 2 rings (SSSR count). The van der Waals surface area contributed by atoms with Crippen molar-refractivity contribution in [1.29, 1.82) is 0 Å². The Morgan fingerprint density at radius 3 is 2.76 bits per heavy atom. The molecule has 21 heavy (non-hydrogen) atoms. The third-order valence-electron chi connectivity index (χ3n) is 4.80. The van der Waals surface area contributed by atoms with Crippen LogP contribution in [-0.2, 0) is 14.8 Å². The lowest BCUT2D eigenvalue weighted by Crippen LogP contribution is -2.44. The molecule has 0 radical (unpaired) electrons. The van der Waals surface area contributed by atoms with Crippen LogP contribution < -0.4 is 5.32 Å². The van der Waals surface area contributed by atoms with Crippen molar-refractivity contribution in [3.8, 4) is 0 Å². The predicted octanol–water partition coefficient (Wildman–Crippen LogP) is 1.45. The van der Waals surface area contributed by atoms with Crippen LogP contribution >= 0.6 is 0 Å². The number of nitrogens with one attached hydrogen (secondary N) is 1. The van der Waals surface area contributed by atoms with Crippen LogP contribution in [0.3, 0.4) is 0 Å². The standard InChI is InChI=1S/C15H30N2O3S/c1-4-16-15(14-8-12(2)20-11-14)9-13-6-5-7-17(10-13)21(3,18)19/h12-16H,4-11H2,1-3H3. The summed E-state index contributed by atoms with van der Waals surface area (Å²) in [5.74, 6) is 1.03. The first-order chi connectivity index (χ1) is 9.90. The molecule has 2 aliphatic heterocycles. The van der Waals surface area contributed by atoms with Gasteiger partial charge in [0.25, 0.3) is 0 Å². The zero-order valence-electron chi connectivity index (χ0n) is 13.5. The Hall–Kier alpha value is -0.170. The Balaban J connectivity index is 1.93. The minimum atomic E-state index is -3.05. The molecule has 0 spiro atoms. The lowest BCUT2D eigenvalue weighted by molar-refractivity contribution is 0.114. The molecule has 0 bridgehead atoms. The first-order valence-corrected chi connectivity index (χ1v) is 10.0. The van der Waals surface area contributed by atoms with Gasteiger partial charge in [0.2, 0.25) is 10.0 Å². The second kappa shape index (κ2) is 7.40. The van der Waals surface area contributed by atoms with E-state index in [1.54, 1.807) is 4.31 Å². The molecule has 2 aliphatic rings. The van der Waals surface area contributed by atoms with Crippen molar-refractivity contribution in [2.45, 2.75) is 51.7 Å². The largest absolute Gasteiger partial charge is 0.378 e. The van der Waals surface area contributed by atoms with Gasteiger partial charge in [-0.25, -0.2) is 12.7 Å². The normalized spacial score (nSPS) is 33.2. The zero-order chi connectivity index (χ0) is 15.5. The van der Waals surface area contributed by atoms with Crippen molar-refractivity contribution in [3.05, 3.63) is 0 Å². The number of nitrogens with zero attached hydrogens (tertiary/aromatic N) is 1. The summed E-state index contributed by atoms with van der Waals surface area (Å²) in [5.41, 5.74) is 0. The van der Waals surface area contributed by atoms with Crippen LogP contribution in [0.5, 0.6) is 0 Å². The van der Waals surface area contributed by atoms with E-state index in [1.807, 2.05) is 0 Å². The summed E-state index contributed by atoms with van der Waals surface area (Å²) >= 11 is 0. The molecule has 5 nitrogen and oxygen atoms in total. The van der Waals surface area contributed by atoms with Crippen molar-refractivity contribution >= 4 is 10.0 Å². The molecule has 4 unspecified atom stereocenters. The fourth-order valence-electron chi connectivity index (χ4n) is 3.71. The molecular formula is C15H30N2O3S. The number of hydrogen-bond acceptors (Lipinski definition) is 4. The van der Waals surface area contributed by atoms with Crippen LogP contribution in [0.1, 0.15) is 39.5 Å². The Morgan fingerprint density at radius 2 is 2.19 bits per heavy atom. The summed E-state index contributed by atoms with van der Waals surface area (Å²) in [6.07, 6.45) is 5.96. The first-order valence-electron chi connectivity index (χ1n) is 8.20. The van der Waals surface area contributed by atoms with Crippen LogP contribution in [0, 0.1) is 11.8 Å². The number of ether oxygens (including phenoxy) is 1. The van der Waals surface area contributed by atoms with Gasteiger partial charge in [0, 0.05) is 25.0 Å². The van der Waals surface area contributed by atoms with E-state index in [1.165, 1.54) is 6.26 Å². The monoisotopic (exact) mass is 318 g/mol. The molecule has 2 fully saturated rings. The van der Waals surface area contributed by atoms with E-state index in [-0.39, 0.29) is 0 Å². The van der Waals surface area contributed by atoms with Crippen LogP contribution in [0.25, 0.3) is 0 Å². The highest BCUT2D eigenvalue weighted by molar-refractivity contribution is 7.88. The van der Waals surface area contributed by atoms with Crippen LogP contribution in [0.2, 0.25) is 0 Å². The Kier molecular flexibility index (Phi) is 6.05. The maximum absolute atomic E-state index is 11.7. The summed E-state index contributed by atoms with van der Waals surface area (Å²) in [6, 6.07) is 0.449. The second-order valence-electron chi connectivity index (χ2n) is 6.67. The summed E-state index contributed by atoms with van der Waals surface area (Å²) in [4.78, 5) is 0. The third-order valence-corrected chi connectivity index (χ3v) is 6.07. The number of rotatable bonds is 6. The van der Waals surface area contributed by atoms with Crippen molar-refractivity contribution < 1.29 is 13.2 Å². The second-order valence-corrected chi connectivity index (χ2v) is 8.65. The average Bonchev–Trinajstić information content (AvgIpc) is 2.84. The average molecular weight is 318 g/mol. The van der Waals surface area contributed by atoms with Gasteiger partial charge < -0.3 is 10.1 Å². The number of sulfonamides is 1. The predicted molar refractivity (Wildman–Crippen MR) is 84.7 cm³/mol. The Morgan fingerprint density at radius 1 is 1.43 bits per heavy atom. The molecule has 0 amide bonds. The molecule has 2 saturated heterocycles. The van der Waals surface area contributed by atoms with Crippen molar-refractivity contribution in [2.75, 3.05) is 32.5 Å². The van der Waals surface area contributed by atoms with E-state index in [2.05, 4.69) is 19.2 Å². The molecular weight excluding hydrogens is 288 g/mol. The van der Waals surface area contributed by atoms with Gasteiger partial charge in [-0.3, -0.25) is 0 Å². The highest BCUT2D eigenvalue weighted by Crippen LogP contribution is 2.29. The maximum Gasteiger partial charge on any atom is 0.211 e. The van der Waals surface area contributed by atoms with Gasteiger partial charge in [-0.2, -0.15) is 0 Å². The Labute approximate surface area is 129 Å². The molecule has 4 atom stereocenters. The first kappa shape index (κ1) is 17.2. The molecule has 0 aromatic carbocycles. The fourth-order valence-corrected chi connectivity index (χ4v) is 4.66. The minimum Gasteiger partial charge on any atom is -0.378 e. The van der Waals surface area contributed by atoms with E-state index in [4.69, 9.17) is 4.74 Å². The maximum atomic E-state index is 11.7. The van der Waals surface area contributed by atoms with Gasteiger partial charge in [0.1, 0.15) is 0 Å². The van der Waals surface area contributed by atoms with Gasteiger partial charge in [0.05, 0.1) is 19.0 Å². The Bertz CT molecular complexity index is 427. The summed E-state index contributed by atoms with van der Waals surface area (Å²) in [6.45, 7) is 7.43. The van der Waals surface area contributed by atoms with Gasteiger partial charge in [-0.15, -0.1) is 0 Å². The topological polar surface area (TPSA) is 58.6 Å². The van der Waals surface area contributed by atoms with E-state index in [9.17, 15) is 8.42 Å². The smallest absolute Gasteiger partial charge is 0.211 e. The molecule has 124 valence electrons. The lowest BCUT2D eigenvalue weighted by atomic mass is 9.85. The van der Waals surface area contributed by atoms with E-state index in [0.29, 0.717) is 37.1 Å². The number of piperidine rings is 1. The van der Waals surface area contributed by atoms with Crippen molar-refractivity contribution in [3.63, 3.8) is 0 Å². The molecule has 0 aromatic heterocycles. The summed E-state index contributed by atoms with van der Waals surface area (Å²) in [5, 5.41) is 3.60. The highest BCUT2D eigenvalue weighted by Gasteiger charge is 2.33. The van der Waals surface area contributed by atoms with Gasteiger partial charge in [-0.1, -0.05) is 6.92 Å². The highest BCUT2D eigenvalue weighted by atomic mass is 32.2. The number of hydrogen-bond donors (Lipinski definition) is 1. The molecule has 0 saturated carbocycles. The third kappa shape index (κ3) is 4.91. The fraction of sp³-hybridized carbons (Fsp3) is 1.00. The quantitative estimate of drug-likeness (QED) is 0.805. The molecule has 0 aromatic rings. The van der Waals surface area contributed by atoms with Gasteiger partial charge >= 0.3 is 0 Å². The lowest BCUT2D eigenvalue weighted by Gasteiger charge is -2.34. The molecule has 0 aliphatic carbocycles. The molecule has 1 N–H and O–H groups in total.